The molecule has 0 saturated heterocycles. The van der Waals surface area contributed by atoms with Gasteiger partial charge in [0.2, 0.25) is 10.0 Å². The minimum absolute atomic E-state index is 0.174. The highest BCUT2D eigenvalue weighted by Crippen LogP contribution is 2.44. The van der Waals surface area contributed by atoms with Gasteiger partial charge in [0.05, 0.1) is 11.0 Å². The third-order valence-corrected chi connectivity index (χ3v) is 8.76. The summed E-state index contributed by atoms with van der Waals surface area (Å²) in [5.74, 6) is 0. The zero-order chi connectivity index (χ0) is 18.1. The summed E-state index contributed by atoms with van der Waals surface area (Å²) in [4.78, 5) is 2.35. The second-order valence-corrected chi connectivity index (χ2v) is 10.3. The Kier molecular flexibility index (Phi) is 5.70. The van der Waals surface area contributed by atoms with Gasteiger partial charge in [-0.2, -0.15) is 0 Å². The molecule has 4 nitrogen and oxygen atoms in total. The van der Waals surface area contributed by atoms with Crippen molar-refractivity contribution in [2.45, 2.75) is 49.0 Å². The van der Waals surface area contributed by atoms with Crippen LogP contribution >= 0.6 is 27.3 Å². The van der Waals surface area contributed by atoms with E-state index in [1.54, 1.807) is 42.5 Å². The fourth-order valence-electron chi connectivity index (χ4n) is 3.40. The molecule has 1 saturated carbocycles. The number of nitrogens with one attached hydrogen (secondary N) is 1. The Morgan fingerprint density at radius 3 is 2.52 bits per heavy atom. The topological polar surface area (TPSA) is 66.4 Å². The summed E-state index contributed by atoms with van der Waals surface area (Å²) in [7, 11) is -3.58. The van der Waals surface area contributed by atoms with Crippen LogP contribution in [0.1, 0.15) is 48.5 Å². The van der Waals surface area contributed by atoms with E-state index in [0.29, 0.717) is 11.0 Å². The molecule has 0 amide bonds. The highest BCUT2D eigenvalue weighted by atomic mass is 79.9. The monoisotopic (exact) mass is 443 g/mol. The molecular weight excluding hydrogens is 422 g/mol. The van der Waals surface area contributed by atoms with Crippen LogP contribution in [0.25, 0.3) is 0 Å². The van der Waals surface area contributed by atoms with E-state index >= 15 is 0 Å². The van der Waals surface area contributed by atoms with Crippen LogP contribution in [0.4, 0.5) is 0 Å². The standard InChI is InChI=1S/C18H22BrNO3S2/c1-13(21)15-8-9-17(24-15)18(10-4-5-11-18)12-20-25(22,23)16-7-3-2-6-14(16)19/h2-3,6-9,13,20-21H,4-5,10-12H2,1H3/t13-/m0/s1. The van der Waals surface area contributed by atoms with Crippen molar-refractivity contribution in [1.29, 1.82) is 0 Å². The van der Waals surface area contributed by atoms with Gasteiger partial charge in [-0.25, -0.2) is 13.1 Å². The first-order chi connectivity index (χ1) is 11.8. The number of rotatable bonds is 6. The smallest absolute Gasteiger partial charge is 0.241 e. The number of hydrogen-bond donors (Lipinski definition) is 2. The Hall–Kier alpha value is -0.730. The molecule has 2 N–H and O–H groups in total. The maximum atomic E-state index is 12.7. The molecule has 1 aromatic heterocycles. The van der Waals surface area contributed by atoms with Crippen LogP contribution in [0.15, 0.2) is 45.8 Å². The summed E-state index contributed by atoms with van der Waals surface area (Å²) in [6, 6.07) is 10.8. The Labute approximate surface area is 161 Å². The molecule has 3 rings (SSSR count). The van der Waals surface area contributed by atoms with Crippen molar-refractivity contribution in [2.75, 3.05) is 6.54 Å². The maximum Gasteiger partial charge on any atom is 0.241 e. The zero-order valence-corrected chi connectivity index (χ0v) is 17.3. The van der Waals surface area contributed by atoms with Crippen molar-refractivity contribution in [3.63, 3.8) is 0 Å². The predicted octanol–water partition coefficient (Wildman–Crippen LogP) is 4.35. The summed E-state index contributed by atoms with van der Waals surface area (Å²) in [6.07, 6.45) is 3.63. The number of thiophene rings is 1. The molecule has 25 heavy (non-hydrogen) atoms. The van der Waals surface area contributed by atoms with Crippen LogP contribution in [-0.2, 0) is 15.4 Å². The van der Waals surface area contributed by atoms with E-state index in [1.165, 1.54) is 0 Å². The first kappa shape index (κ1) is 19.0. The molecule has 0 radical (unpaired) electrons. The van der Waals surface area contributed by atoms with Crippen molar-refractivity contribution < 1.29 is 13.5 Å². The lowest BCUT2D eigenvalue weighted by Crippen LogP contribution is -2.38. The molecule has 0 unspecified atom stereocenters. The number of sulfonamides is 1. The number of aliphatic hydroxyl groups excluding tert-OH is 1. The van der Waals surface area contributed by atoms with E-state index in [4.69, 9.17) is 0 Å². The van der Waals surface area contributed by atoms with E-state index in [1.807, 2.05) is 12.1 Å². The molecule has 1 atom stereocenters. The highest BCUT2D eigenvalue weighted by Gasteiger charge is 2.38. The maximum absolute atomic E-state index is 12.7. The fraction of sp³-hybridized carbons (Fsp3) is 0.444. The number of hydrogen-bond acceptors (Lipinski definition) is 4. The molecule has 1 fully saturated rings. The summed E-state index contributed by atoms with van der Waals surface area (Å²) in [6.45, 7) is 2.14. The highest BCUT2D eigenvalue weighted by molar-refractivity contribution is 9.10. The average Bonchev–Trinajstić information content (AvgIpc) is 3.23. The lowest BCUT2D eigenvalue weighted by atomic mass is 9.85. The first-order valence-electron chi connectivity index (χ1n) is 8.37. The van der Waals surface area contributed by atoms with Crippen molar-refractivity contribution in [3.8, 4) is 0 Å². The molecule has 0 bridgehead atoms. The molecule has 0 spiro atoms. The largest absolute Gasteiger partial charge is 0.388 e. The Balaban J connectivity index is 1.84. The number of aliphatic hydroxyl groups is 1. The number of benzene rings is 1. The molecule has 1 aliphatic rings. The molecule has 7 heteroatoms. The third kappa shape index (κ3) is 4.01. The van der Waals surface area contributed by atoms with Crippen LogP contribution in [-0.4, -0.2) is 20.1 Å². The zero-order valence-electron chi connectivity index (χ0n) is 14.0. The van der Waals surface area contributed by atoms with Crippen LogP contribution in [0.5, 0.6) is 0 Å². The third-order valence-electron chi connectivity index (χ3n) is 4.85. The van der Waals surface area contributed by atoms with E-state index in [2.05, 4.69) is 20.7 Å². The molecule has 2 aromatic rings. The molecule has 1 aliphatic carbocycles. The lowest BCUT2D eigenvalue weighted by molar-refractivity contribution is 0.203. The van der Waals surface area contributed by atoms with Gasteiger partial charge in [-0.15, -0.1) is 11.3 Å². The second-order valence-electron chi connectivity index (χ2n) is 6.62. The van der Waals surface area contributed by atoms with Crippen molar-refractivity contribution in [1.82, 2.24) is 4.72 Å². The van der Waals surface area contributed by atoms with Crippen LogP contribution < -0.4 is 4.72 Å². The van der Waals surface area contributed by atoms with Gasteiger partial charge < -0.3 is 5.11 Å². The van der Waals surface area contributed by atoms with Gasteiger partial charge in [-0.3, -0.25) is 0 Å². The van der Waals surface area contributed by atoms with Crippen molar-refractivity contribution >= 4 is 37.3 Å². The molecule has 1 aromatic carbocycles. The van der Waals surface area contributed by atoms with Gasteiger partial charge in [0.1, 0.15) is 0 Å². The summed E-state index contributed by atoms with van der Waals surface area (Å²) in [5.41, 5.74) is -0.174. The summed E-state index contributed by atoms with van der Waals surface area (Å²) >= 11 is 4.91. The predicted molar refractivity (Wildman–Crippen MR) is 104 cm³/mol. The van der Waals surface area contributed by atoms with Gasteiger partial charge in [-0.05, 0) is 60.0 Å². The molecular formula is C18H22BrNO3S2. The summed E-state index contributed by atoms with van der Waals surface area (Å²) < 4.78 is 28.8. The quantitative estimate of drug-likeness (QED) is 0.696. The minimum Gasteiger partial charge on any atom is -0.388 e. The average molecular weight is 444 g/mol. The Morgan fingerprint density at radius 2 is 1.92 bits per heavy atom. The van der Waals surface area contributed by atoms with E-state index < -0.39 is 16.1 Å². The molecule has 0 aliphatic heterocycles. The minimum atomic E-state index is -3.58. The van der Waals surface area contributed by atoms with Gasteiger partial charge in [-0.1, -0.05) is 25.0 Å². The first-order valence-corrected chi connectivity index (χ1v) is 11.5. The van der Waals surface area contributed by atoms with E-state index in [-0.39, 0.29) is 10.3 Å². The normalized spacial score (nSPS) is 18.4. The van der Waals surface area contributed by atoms with Gasteiger partial charge >= 0.3 is 0 Å². The van der Waals surface area contributed by atoms with E-state index in [0.717, 1.165) is 35.4 Å². The Morgan fingerprint density at radius 1 is 1.24 bits per heavy atom. The van der Waals surface area contributed by atoms with Crippen molar-refractivity contribution in [2.24, 2.45) is 0 Å². The Bertz CT molecular complexity index is 840. The van der Waals surface area contributed by atoms with Crippen LogP contribution in [0.3, 0.4) is 0 Å². The van der Waals surface area contributed by atoms with Gasteiger partial charge in [0.25, 0.3) is 0 Å². The van der Waals surface area contributed by atoms with Gasteiger partial charge in [0, 0.05) is 26.2 Å². The van der Waals surface area contributed by atoms with Crippen LogP contribution in [0.2, 0.25) is 0 Å². The molecule has 1 heterocycles. The number of halogens is 1. The second kappa shape index (κ2) is 7.48. The van der Waals surface area contributed by atoms with Gasteiger partial charge in [0.15, 0.2) is 0 Å². The van der Waals surface area contributed by atoms with Crippen molar-refractivity contribution in [3.05, 3.63) is 50.6 Å². The van der Waals surface area contributed by atoms with Crippen LogP contribution in [0, 0.1) is 0 Å². The summed E-state index contributed by atoms with van der Waals surface area (Å²) in [5, 5.41) is 9.80. The fourth-order valence-corrected chi connectivity index (χ4v) is 6.72. The molecule has 136 valence electrons. The SMILES string of the molecule is C[C@H](O)c1ccc(C2(CNS(=O)(=O)c3ccccc3Br)CCCC2)s1. The van der Waals surface area contributed by atoms with E-state index in [9.17, 15) is 13.5 Å². The lowest BCUT2D eigenvalue weighted by Gasteiger charge is -2.28.